The average molecular weight is 407 g/mol. The fraction of sp³-hybridized carbons (Fsp3) is 0.240. The summed E-state index contributed by atoms with van der Waals surface area (Å²) in [7, 11) is 0. The maximum atomic E-state index is 13.1. The third-order valence-electron chi connectivity index (χ3n) is 4.84. The molecule has 30 heavy (non-hydrogen) atoms. The van der Waals surface area contributed by atoms with E-state index >= 15 is 0 Å². The minimum Gasteiger partial charge on any atom is -0.488 e. The topological polar surface area (TPSA) is 58.6 Å². The van der Waals surface area contributed by atoms with Crippen molar-refractivity contribution in [2.45, 2.75) is 32.0 Å². The number of hydrogen-bond acceptors (Lipinski definition) is 3. The molecule has 0 bridgehead atoms. The average Bonchev–Trinajstić information content (AvgIpc) is 2.76. The Morgan fingerprint density at radius 3 is 2.37 bits per heavy atom. The Balaban J connectivity index is 1.66. The highest BCUT2D eigenvalue weighted by Gasteiger charge is 2.18. The second kappa shape index (κ2) is 10.6. The third kappa shape index (κ3) is 6.16. The predicted molar refractivity (Wildman–Crippen MR) is 115 cm³/mol. The molecule has 0 unspecified atom stereocenters. The number of aliphatic hydroxyl groups excluding tert-OH is 1. The first-order valence-electron chi connectivity index (χ1n) is 10.0. The number of amides is 1. The lowest BCUT2D eigenvalue weighted by Crippen LogP contribution is -2.30. The zero-order valence-corrected chi connectivity index (χ0v) is 16.9. The Kier molecular flexibility index (Phi) is 7.57. The van der Waals surface area contributed by atoms with Crippen molar-refractivity contribution < 1.29 is 19.0 Å². The number of aliphatic hydroxyl groups is 1. The van der Waals surface area contributed by atoms with Gasteiger partial charge in [-0.15, -0.1) is 0 Å². The van der Waals surface area contributed by atoms with Gasteiger partial charge in [-0.05, 0) is 48.7 Å². The van der Waals surface area contributed by atoms with E-state index in [4.69, 9.17) is 4.74 Å². The highest BCUT2D eigenvalue weighted by molar-refractivity contribution is 5.96. The van der Waals surface area contributed by atoms with E-state index < -0.39 is 6.10 Å². The summed E-state index contributed by atoms with van der Waals surface area (Å²) < 4.78 is 18.9. The molecule has 4 nitrogen and oxygen atoms in total. The molecule has 0 spiro atoms. The van der Waals surface area contributed by atoms with Crippen LogP contribution in [0.4, 0.5) is 4.39 Å². The van der Waals surface area contributed by atoms with E-state index in [0.717, 1.165) is 11.1 Å². The van der Waals surface area contributed by atoms with Gasteiger partial charge in [0.05, 0.1) is 11.7 Å². The summed E-state index contributed by atoms with van der Waals surface area (Å²) in [5, 5.41) is 12.8. The number of carbonyl (C=O) groups excluding carboxylic acids is 1. The Morgan fingerprint density at radius 1 is 1.00 bits per heavy atom. The van der Waals surface area contributed by atoms with Crippen LogP contribution in [0.5, 0.6) is 5.75 Å². The Morgan fingerprint density at radius 2 is 1.67 bits per heavy atom. The van der Waals surface area contributed by atoms with Crippen molar-refractivity contribution in [3.63, 3.8) is 0 Å². The molecule has 0 aliphatic heterocycles. The number of hydrogen-bond donors (Lipinski definition) is 2. The highest BCUT2D eigenvalue weighted by Crippen LogP contribution is 2.22. The molecule has 0 saturated carbocycles. The van der Waals surface area contributed by atoms with Gasteiger partial charge >= 0.3 is 0 Å². The molecular formula is C25H26FNO3. The van der Waals surface area contributed by atoms with Crippen molar-refractivity contribution in [2.75, 3.05) is 6.54 Å². The van der Waals surface area contributed by atoms with Crippen LogP contribution in [-0.4, -0.2) is 23.7 Å². The van der Waals surface area contributed by atoms with Crippen LogP contribution in [0.25, 0.3) is 0 Å². The standard InChI is InChI=1S/C25H26FNO3/c1-18(28)15-21(20-7-3-2-4-8-20)16-27-25(29)23-9-5-6-10-24(23)30-17-19-11-13-22(26)14-12-19/h2-14,18,21,28H,15-17H2,1H3,(H,27,29)/t18-,21+/m0/s1. The molecule has 3 aromatic rings. The van der Waals surface area contributed by atoms with E-state index in [-0.39, 0.29) is 24.2 Å². The molecule has 1 amide bonds. The van der Waals surface area contributed by atoms with Gasteiger partial charge in [-0.2, -0.15) is 0 Å². The number of carbonyl (C=O) groups is 1. The largest absolute Gasteiger partial charge is 0.488 e. The summed E-state index contributed by atoms with van der Waals surface area (Å²) >= 11 is 0. The van der Waals surface area contributed by atoms with Gasteiger partial charge in [-0.3, -0.25) is 4.79 Å². The quantitative estimate of drug-likeness (QED) is 0.541. The number of ether oxygens (including phenoxy) is 1. The fourth-order valence-corrected chi connectivity index (χ4v) is 3.31. The van der Waals surface area contributed by atoms with Gasteiger partial charge in [-0.25, -0.2) is 4.39 Å². The molecule has 5 heteroatoms. The smallest absolute Gasteiger partial charge is 0.255 e. The lowest BCUT2D eigenvalue weighted by molar-refractivity contribution is 0.0941. The van der Waals surface area contributed by atoms with E-state index in [0.29, 0.717) is 24.3 Å². The lowest BCUT2D eigenvalue weighted by atomic mass is 9.93. The van der Waals surface area contributed by atoms with Gasteiger partial charge in [0.1, 0.15) is 18.2 Å². The highest BCUT2D eigenvalue weighted by atomic mass is 19.1. The molecule has 0 aromatic heterocycles. The van der Waals surface area contributed by atoms with Gasteiger partial charge in [0, 0.05) is 12.5 Å². The summed E-state index contributed by atoms with van der Waals surface area (Å²) in [6.45, 7) is 2.38. The van der Waals surface area contributed by atoms with Crippen molar-refractivity contribution >= 4 is 5.91 Å². The molecule has 0 saturated heterocycles. The van der Waals surface area contributed by atoms with Crippen LogP contribution < -0.4 is 10.1 Å². The molecule has 3 rings (SSSR count). The molecule has 0 fully saturated rings. The minimum absolute atomic E-state index is 0.00226. The van der Waals surface area contributed by atoms with E-state index in [9.17, 15) is 14.3 Å². The van der Waals surface area contributed by atoms with Gasteiger partial charge in [0.15, 0.2) is 0 Å². The maximum Gasteiger partial charge on any atom is 0.255 e. The van der Waals surface area contributed by atoms with Crippen LogP contribution in [0, 0.1) is 5.82 Å². The molecule has 0 radical (unpaired) electrons. The SMILES string of the molecule is C[C@H](O)C[C@H](CNC(=O)c1ccccc1OCc1ccc(F)cc1)c1ccccc1. The molecule has 156 valence electrons. The summed E-state index contributed by atoms with van der Waals surface area (Å²) in [5.74, 6) is -0.0755. The van der Waals surface area contributed by atoms with E-state index in [1.165, 1.54) is 12.1 Å². The van der Waals surface area contributed by atoms with E-state index in [1.54, 1.807) is 43.3 Å². The fourth-order valence-electron chi connectivity index (χ4n) is 3.31. The molecule has 2 atom stereocenters. The van der Waals surface area contributed by atoms with Crippen LogP contribution in [0.3, 0.4) is 0 Å². The zero-order valence-electron chi connectivity index (χ0n) is 16.9. The summed E-state index contributed by atoms with van der Waals surface area (Å²) in [6.07, 6.45) is 0.0749. The van der Waals surface area contributed by atoms with Crippen LogP contribution in [0.15, 0.2) is 78.9 Å². The summed E-state index contributed by atoms with van der Waals surface area (Å²) in [6, 6.07) is 22.9. The molecule has 2 N–H and O–H groups in total. The normalized spacial score (nSPS) is 12.8. The lowest BCUT2D eigenvalue weighted by Gasteiger charge is -2.20. The number of nitrogens with one attached hydrogen (secondary N) is 1. The summed E-state index contributed by atoms with van der Waals surface area (Å²) in [5.41, 5.74) is 2.32. The number of rotatable bonds is 9. The summed E-state index contributed by atoms with van der Waals surface area (Å²) in [4.78, 5) is 12.8. The maximum absolute atomic E-state index is 13.1. The molecular weight excluding hydrogens is 381 g/mol. The van der Waals surface area contributed by atoms with Crippen molar-refractivity contribution in [1.29, 1.82) is 0 Å². The molecule has 0 aliphatic carbocycles. The molecule has 0 aliphatic rings. The van der Waals surface area contributed by atoms with Crippen molar-refractivity contribution in [3.8, 4) is 5.75 Å². The predicted octanol–water partition coefficient (Wildman–Crippen LogP) is 4.69. The van der Waals surface area contributed by atoms with Crippen molar-refractivity contribution in [3.05, 3.63) is 101 Å². The Labute approximate surface area is 176 Å². The van der Waals surface area contributed by atoms with Gasteiger partial charge in [0.25, 0.3) is 5.91 Å². The third-order valence-corrected chi connectivity index (χ3v) is 4.84. The monoisotopic (exact) mass is 407 g/mol. The van der Waals surface area contributed by atoms with Crippen LogP contribution >= 0.6 is 0 Å². The van der Waals surface area contributed by atoms with Crippen molar-refractivity contribution in [2.24, 2.45) is 0 Å². The first kappa shape index (κ1) is 21.5. The zero-order chi connectivity index (χ0) is 21.3. The number of halogens is 1. The first-order chi connectivity index (χ1) is 14.5. The molecule has 3 aromatic carbocycles. The van der Waals surface area contributed by atoms with Gasteiger partial charge < -0.3 is 15.2 Å². The van der Waals surface area contributed by atoms with E-state index in [2.05, 4.69) is 5.32 Å². The van der Waals surface area contributed by atoms with E-state index in [1.807, 2.05) is 30.3 Å². The number of benzene rings is 3. The van der Waals surface area contributed by atoms with Gasteiger partial charge in [-0.1, -0.05) is 54.6 Å². The first-order valence-corrected chi connectivity index (χ1v) is 10.0. The van der Waals surface area contributed by atoms with Crippen LogP contribution in [0.1, 0.15) is 40.7 Å². The molecule has 0 heterocycles. The van der Waals surface area contributed by atoms with Crippen LogP contribution in [0.2, 0.25) is 0 Å². The number of para-hydroxylation sites is 1. The Bertz CT molecular complexity index is 942. The second-order valence-electron chi connectivity index (χ2n) is 7.31. The van der Waals surface area contributed by atoms with Crippen molar-refractivity contribution in [1.82, 2.24) is 5.32 Å². The second-order valence-corrected chi connectivity index (χ2v) is 7.31. The Hall–Kier alpha value is -3.18. The van der Waals surface area contributed by atoms with Crippen LogP contribution in [-0.2, 0) is 6.61 Å². The van der Waals surface area contributed by atoms with Gasteiger partial charge in [0.2, 0.25) is 0 Å². The minimum atomic E-state index is -0.474.